The number of fused-ring (bicyclic) bond motifs is 8. The zero-order chi connectivity index (χ0) is 60.8. The Hall–Kier alpha value is -8.51. The quantitative estimate of drug-likeness (QED) is 0.0674. The summed E-state index contributed by atoms with van der Waals surface area (Å²) in [6.45, 7) is 25.2. The fraction of sp³-hybridized carbons (Fsp3) is 0.364. The number of phenolic OH excluding ortho intramolecular Hbond substituents is 2. The molecule has 17 nitrogen and oxygen atoms in total. The lowest BCUT2D eigenvalue weighted by molar-refractivity contribution is -0.138. The number of carboxylic acid groups (broad SMARTS) is 1. The number of carboxylic acids is 1. The minimum Gasteiger partial charge on any atom is -0.507 e. The number of aromatic hydroxyl groups is 2. The van der Waals surface area contributed by atoms with E-state index in [0.717, 1.165) is 44.5 Å². The number of aromatic nitrogens is 6. The molecule has 6 aromatic carbocycles. The predicted molar refractivity (Wildman–Crippen MR) is 323 cm³/mol. The molecule has 440 valence electrons. The Bertz CT molecular complexity index is 3790. The van der Waals surface area contributed by atoms with Gasteiger partial charge in [0.05, 0.1) is 22.2 Å². The van der Waals surface area contributed by atoms with Gasteiger partial charge in [0, 0.05) is 37.1 Å². The number of nitrogen functional groups attached to an aromatic ring is 1. The maximum atomic E-state index is 13.4. The van der Waals surface area contributed by atoms with Crippen LogP contribution in [0, 0.1) is 0 Å². The van der Waals surface area contributed by atoms with E-state index in [-0.39, 0.29) is 94.9 Å². The van der Waals surface area contributed by atoms with E-state index in [1.807, 2.05) is 0 Å². The number of hydrogen-bond acceptors (Lipinski definition) is 13. The van der Waals surface area contributed by atoms with Crippen molar-refractivity contribution in [1.29, 1.82) is 0 Å². The van der Waals surface area contributed by atoms with Crippen LogP contribution < -0.4 is 20.5 Å². The highest BCUT2D eigenvalue weighted by Crippen LogP contribution is 2.44. The van der Waals surface area contributed by atoms with Gasteiger partial charge >= 0.3 is 5.97 Å². The van der Waals surface area contributed by atoms with Gasteiger partial charge in [-0.15, -0.1) is 10.2 Å². The average molecular weight is 1160 g/mol. The van der Waals surface area contributed by atoms with E-state index in [2.05, 4.69) is 158 Å². The number of nitrogens with zero attached hydrogens (tertiary/aromatic N) is 6. The highest BCUT2D eigenvalue weighted by atomic mass is 32.2. The van der Waals surface area contributed by atoms with Gasteiger partial charge in [-0.1, -0.05) is 142 Å². The molecule has 9 rings (SSSR count). The van der Waals surface area contributed by atoms with Crippen molar-refractivity contribution in [3.63, 3.8) is 0 Å². The molecule has 8 aromatic rings. The van der Waals surface area contributed by atoms with Gasteiger partial charge in [-0.2, -0.15) is 0 Å². The Kier molecular flexibility index (Phi) is 16.4. The molecular formula is C66H76N8O9S. The molecule has 84 heavy (non-hydrogen) atoms. The molecule has 0 unspecified atom stereocenters. The molecule has 18 heteroatoms. The van der Waals surface area contributed by atoms with Crippen LogP contribution in [0.5, 0.6) is 23.0 Å². The number of carbonyl (C=O) groups is 2. The molecule has 0 aliphatic heterocycles. The summed E-state index contributed by atoms with van der Waals surface area (Å²) in [5, 5.41) is 54.8. The lowest BCUT2D eigenvalue weighted by Gasteiger charge is -2.28. The summed E-state index contributed by atoms with van der Waals surface area (Å²) in [5.74, 6) is -0.0741. The van der Waals surface area contributed by atoms with Gasteiger partial charge in [-0.3, -0.25) is 9.59 Å². The summed E-state index contributed by atoms with van der Waals surface area (Å²) in [4.78, 5) is 25.1. The number of anilines is 2. The van der Waals surface area contributed by atoms with E-state index in [9.17, 15) is 33.3 Å². The van der Waals surface area contributed by atoms with Crippen molar-refractivity contribution in [3.8, 4) is 23.0 Å². The molecule has 0 fully saturated rings. The van der Waals surface area contributed by atoms with Crippen molar-refractivity contribution in [2.45, 2.75) is 167 Å². The third-order valence-electron chi connectivity index (χ3n) is 15.2. The molecule has 1 amide bonds. The molecule has 1 aliphatic carbocycles. The van der Waals surface area contributed by atoms with Crippen molar-refractivity contribution in [2.24, 2.45) is 0 Å². The maximum Gasteiger partial charge on any atom is 0.325 e. The topological polar surface area (TPSA) is 247 Å². The molecule has 8 bridgehead atoms. The maximum absolute atomic E-state index is 13.4. The number of nitrogens with one attached hydrogen (secondary N) is 1. The molecule has 0 spiro atoms. The first-order chi connectivity index (χ1) is 39.3. The van der Waals surface area contributed by atoms with E-state index >= 15 is 0 Å². The summed E-state index contributed by atoms with van der Waals surface area (Å²) < 4.78 is 42.9. The highest BCUT2D eigenvalue weighted by molar-refractivity contribution is 7.91. The van der Waals surface area contributed by atoms with Crippen LogP contribution in [0.1, 0.15) is 161 Å². The number of hydrogen-bond donors (Lipinski definition) is 5. The van der Waals surface area contributed by atoms with Crippen LogP contribution in [0.25, 0.3) is 0 Å². The van der Waals surface area contributed by atoms with Gasteiger partial charge in [0.1, 0.15) is 60.7 Å². The van der Waals surface area contributed by atoms with Crippen LogP contribution in [-0.4, -0.2) is 65.6 Å². The minimum absolute atomic E-state index is 0.0218. The summed E-state index contributed by atoms with van der Waals surface area (Å²) >= 11 is 0. The van der Waals surface area contributed by atoms with Gasteiger partial charge in [-0.05, 0) is 137 Å². The summed E-state index contributed by atoms with van der Waals surface area (Å²) in [6.07, 6.45) is 4.26. The number of rotatable bonds is 13. The molecule has 1 aliphatic rings. The molecule has 2 aromatic heterocycles. The van der Waals surface area contributed by atoms with Crippen LogP contribution in [0.15, 0.2) is 119 Å². The largest absolute Gasteiger partial charge is 0.507 e. The Morgan fingerprint density at radius 3 is 1.18 bits per heavy atom. The van der Waals surface area contributed by atoms with E-state index < -0.39 is 21.7 Å². The smallest absolute Gasteiger partial charge is 0.325 e. The Morgan fingerprint density at radius 1 is 0.524 bits per heavy atom. The van der Waals surface area contributed by atoms with Gasteiger partial charge in [0.2, 0.25) is 15.7 Å². The van der Waals surface area contributed by atoms with E-state index in [1.54, 1.807) is 12.4 Å². The third-order valence-corrected chi connectivity index (χ3v) is 16.9. The highest BCUT2D eigenvalue weighted by Gasteiger charge is 2.29. The average Bonchev–Trinajstić information content (AvgIpc) is 4.19. The number of phenols is 2. The van der Waals surface area contributed by atoms with Crippen molar-refractivity contribution in [3.05, 3.63) is 188 Å². The van der Waals surface area contributed by atoms with Crippen molar-refractivity contribution in [2.75, 3.05) is 11.1 Å². The lowest BCUT2D eigenvalue weighted by Crippen LogP contribution is -2.19. The molecule has 0 saturated heterocycles. The Morgan fingerprint density at radius 2 is 0.845 bits per heavy atom. The molecule has 0 atom stereocenters. The van der Waals surface area contributed by atoms with Crippen molar-refractivity contribution in [1.82, 2.24) is 30.0 Å². The first-order valence-corrected chi connectivity index (χ1v) is 29.6. The molecule has 6 N–H and O–H groups in total. The number of carbonyl (C=O) groups excluding carboxylic acids is 1. The zero-order valence-corrected chi connectivity index (χ0v) is 50.8. The van der Waals surface area contributed by atoms with Gasteiger partial charge in [0.15, 0.2) is 0 Å². The molecule has 0 saturated carbocycles. The fourth-order valence-corrected chi connectivity index (χ4v) is 11.5. The summed E-state index contributed by atoms with van der Waals surface area (Å²) in [7, 11) is -3.81. The molecular weight excluding hydrogens is 1080 g/mol. The second-order valence-corrected chi connectivity index (χ2v) is 28.1. The number of aliphatic carboxylic acids is 1. The summed E-state index contributed by atoms with van der Waals surface area (Å²) in [5.41, 5.74) is 16.2. The standard InChI is InChI=1S/C66H76N8O9S/c1-63(2,3)47-25-39-21-43-29-49(65(7,8)9)30-44(61(43)82-37-53-33-73(71-69-53)35-57(75)68-52-15-19-56(20-16-52)84(80,81)55-17-13-51(67)14-18-55)22-40-26-48(64(4,5)6)28-42(60(40)79)24-46-32-50(66(10,11)12)31-45(23-41(27-47)59(39)78)62(46)83-38-54-34-74(72-70-54)36-58(76)77/h13-20,25-34,78-79H,21-24,35-38,67H2,1-12H3,(H,68,75)(H,76,77). The minimum atomic E-state index is -3.81. The first-order valence-electron chi connectivity index (χ1n) is 28.1. The Balaban J connectivity index is 1.12. The van der Waals surface area contributed by atoms with Crippen LogP contribution in [-0.2, 0) is 93.1 Å². The second kappa shape index (κ2) is 22.9. The Labute approximate surface area is 491 Å². The normalized spacial score (nSPS) is 13.1. The summed E-state index contributed by atoms with van der Waals surface area (Å²) in [6, 6.07) is 28.7. The fourth-order valence-electron chi connectivity index (χ4n) is 10.3. The van der Waals surface area contributed by atoms with Gasteiger partial charge < -0.3 is 35.8 Å². The third kappa shape index (κ3) is 13.8. The van der Waals surface area contributed by atoms with Gasteiger partial charge in [0.25, 0.3) is 0 Å². The number of amides is 1. The number of nitrogens with two attached hydrogens (primary N) is 1. The van der Waals surface area contributed by atoms with Crippen LogP contribution >= 0.6 is 0 Å². The number of ether oxygens (including phenoxy) is 2. The zero-order valence-electron chi connectivity index (χ0n) is 50.0. The number of benzene rings is 6. The first kappa shape index (κ1) is 60.1. The molecule has 2 heterocycles. The monoisotopic (exact) mass is 1160 g/mol. The van der Waals surface area contributed by atoms with E-state index in [0.29, 0.717) is 56.5 Å². The van der Waals surface area contributed by atoms with Gasteiger partial charge in [-0.25, -0.2) is 17.8 Å². The van der Waals surface area contributed by atoms with Crippen LogP contribution in [0.3, 0.4) is 0 Å². The lowest BCUT2D eigenvalue weighted by atomic mass is 9.79. The second-order valence-electron chi connectivity index (χ2n) is 26.2. The predicted octanol–water partition coefficient (Wildman–Crippen LogP) is 11.4. The number of sulfone groups is 1. The van der Waals surface area contributed by atoms with Crippen molar-refractivity contribution >= 4 is 33.1 Å². The van der Waals surface area contributed by atoms with E-state index in [4.69, 9.17) is 15.2 Å². The van der Waals surface area contributed by atoms with Crippen molar-refractivity contribution < 1.29 is 42.8 Å². The molecule has 0 radical (unpaired) electrons. The van der Waals surface area contributed by atoms with Crippen LogP contribution in [0.2, 0.25) is 0 Å². The van der Waals surface area contributed by atoms with E-state index in [1.165, 1.54) is 57.9 Å². The van der Waals surface area contributed by atoms with Crippen LogP contribution in [0.4, 0.5) is 11.4 Å². The SMILES string of the molecule is CC(C)(C)c1cc2c(O)c(c1)Cc1cc(C(C)(C)C)cc(c1OCc1cn(CC(=O)Nc3ccc(S(=O)(=O)c4ccc(N)cc4)cc3)nn1)Cc1cc(C(C)(C)C)cc(c1O)Cc1cc(C(C)(C)C)cc(c1OCc1cn(CC(=O)O)nn1)C2.